The maximum atomic E-state index is 4.26. The van der Waals surface area contributed by atoms with Gasteiger partial charge in [-0.05, 0) is 6.26 Å². The normalized spacial score (nSPS) is 11.5. The number of hydrogen-bond acceptors (Lipinski definition) is 5. The van der Waals surface area contributed by atoms with Gasteiger partial charge in [0.2, 0.25) is 0 Å². The first-order valence-electron chi connectivity index (χ1n) is 4.00. The lowest BCUT2D eigenvalue weighted by Gasteiger charge is -1.94. The van der Waals surface area contributed by atoms with Gasteiger partial charge in [-0.3, -0.25) is 0 Å². The average Bonchev–Trinajstić information content (AvgIpc) is 2.76. The molecule has 14 heavy (non-hydrogen) atoms. The van der Waals surface area contributed by atoms with Crippen LogP contribution in [0.1, 0.15) is 0 Å². The summed E-state index contributed by atoms with van der Waals surface area (Å²) in [6.07, 6.45) is 5.31. The van der Waals surface area contributed by atoms with Gasteiger partial charge in [0, 0.05) is 0 Å². The lowest BCUT2D eigenvalue weighted by atomic mass is 10.4. The first-order chi connectivity index (χ1) is 6.90. The second-order valence-electron chi connectivity index (χ2n) is 2.75. The molecule has 3 rings (SSSR count). The molecule has 0 amide bonds. The van der Waals surface area contributed by atoms with Crippen molar-refractivity contribution in [1.82, 2.24) is 19.9 Å². The summed E-state index contributed by atoms with van der Waals surface area (Å²) in [5.41, 5.74) is 1.99. The Kier molecular flexibility index (Phi) is 1.71. The second kappa shape index (κ2) is 2.93. The van der Waals surface area contributed by atoms with E-state index in [-0.39, 0.29) is 0 Å². The van der Waals surface area contributed by atoms with Gasteiger partial charge in [0.25, 0.3) is 0 Å². The number of H-pyrrole nitrogens is 1. The molecule has 0 saturated heterocycles. The Morgan fingerprint density at radius 3 is 3.14 bits per heavy atom. The molecule has 0 bridgehead atoms. The minimum atomic E-state index is 0.974. The van der Waals surface area contributed by atoms with Gasteiger partial charge in [-0.15, -0.1) is 23.1 Å². The molecular weight excluding hydrogens is 216 g/mol. The maximum absolute atomic E-state index is 4.26. The summed E-state index contributed by atoms with van der Waals surface area (Å²) >= 11 is 3.27. The number of nitrogens with zero attached hydrogens (tertiary/aromatic N) is 3. The van der Waals surface area contributed by atoms with E-state index in [1.54, 1.807) is 35.8 Å². The quantitative estimate of drug-likeness (QED) is 0.507. The van der Waals surface area contributed by atoms with E-state index < -0.39 is 0 Å². The summed E-state index contributed by atoms with van der Waals surface area (Å²) < 4.78 is 1.12. The summed E-state index contributed by atoms with van der Waals surface area (Å²) in [5, 5.41) is 1.02. The van der Waals surface area contributed by atoms with Gasteiger partial charge in [-0.1, -0.05) is 0 Å². The van der Waals surface area contributed by atoms with Crippen molar-refractivity contribution in [3.05, 3.63) is 12.7 Å². The van der Waals surface area contributed by atoms with E-state index in [4.69, 9.17) is 0 Å². The molecule has 3 aromatic heterocycles. The Labute approximate surface area is 87.8 Å². The zero-order valence-electron chi connectivity index (χ0n) is 7.31. The summed E-state index contributed by atoms with van der Waals surface area (Å²) in [6, 6.07) is 0. The summed E-state index contributed by atoms with van der Waals surface area (Å²) in [6.45, 7) is 0. The Morgan fingerprint density at radius 2 is 2.29 bits per heavy atom. The van der Waals surface area contributed by atoms with Crippen LogP contribution in [-0.4, -0.2) is 26.2 Å². The van der Waals surface area contributed by atoms with E-state index in [9.17, 15) is 0 Å². The molecule has 0 aliphatic rings. The van der Waals surface area contributed by atoms with E-state index in [1.165, 1.54) is 0 Å². The van der Waals surface area contributed by atoms with Crippen LogP contribution in [0.15, 0.2) is 17.7 Å². The largest absolute Gasteiger partial charge is 0.342 e. The van der Waals surface area contributed by atoms with Gasteiger partial charge in [0.05, 0.1) is 11.0 Å². The lowest BCUT2D eigenvalue weighted by molar-refractivity contribution is 1.11. The summed E-state index contributed by atoms with van der Waals surface area (Å²) in [4.78, 5) is 16.8. The summed E-state index contributed by atoms with van der Waals surface area (Å²) in [7, 11) is 0. The zero-order valence-corrected chi connectivity index (χ0v) is 8.95. The Hall–Kier alpha value is -1.14. The molecule has 6 heteroatoms. The molecule has 4 nitrogen and oxygen atoms in total. The molecule has 0 spiro atoms. The van der Waals surface area contributed by atoms with Gasteiger partial charge < -0.3 is 4.98 Å². The topological polar surface area (TPSA) is 54.5 Å². The van der Waals surface area contributed by atoms with Gasteiger partial charge in [0.1, 0.15) is 27.2 Å². The van der Waals surface area contributed by atoms with Crippen LogP contribution >= 0.6 is 23.1 Å². The highest BCUT2D eigenvalue weighted by Gasteiger charge is 2.11. The molecule has 0 atom stereocenters. The zero-order chi connectivity index (χ0) is 9.54. The fourth-order valence-electron chi connectivity index (χ4n) is 1.40. The molecule has 0 unspecified atom stereocenters. The smallest absolute Gasteiger partial charge is 0.144 e. The first kappa shape index (κ1) is 8.19. The SMILES string of the molecule is CSc1ncnc2c1sc1nc[nH]c12. The molecule has 0 aliphatic carbocycles. The average molecular weight is 222 g/mol. The van der Waals surface area contributed by atoms with Crippen LogP contribution in [0.25, 0.3) is 20.6 Å². The Bertz CT molecular complexity index is 597. The van der Waals surface area contributed by atoms with Crippen LogP contribution in [-0.2, 0) is 0 Å². The third kappa shape index (κ3) is 0.978. The first-order valence-corrected chi connectivity index (χ1v) is 6.05. The third-order valence-corrected chi connectivity index (χ3v) is 3.92. The molecule has 0 aromatic carbocycles. The minimum absolute atomic E-state index is 0.974. The number of hydrogen-bond donors (Lipinski definition) is 1. The molecule has 3 aromatic rings. The van der Waals surface area contributed by atoms with Crippen LogP contribution in [0.3, 0.4) is 0 Å². The van der Waals surface area contributed by atoms with E-state index in [1.807, 2.05) is 6.26 Å². The van der Waals surface area contributed by atoms with Crippen LogP contribution in [0.2, 0.25) is 0 Å². The number of aromatic nitrogens is 4. The van der Waals surface area contributed by atoms with Gasteiger partial charge >= 0.3 is 0 Å². The fourth-order valence-corrected chi connectivity index (χ4v) is 3.16. The highest BCUT2D eigenvalue weighted by molar-refractivity contribution is 7.98. The van der Waals surface area contributed by atoms with Crippen LogP contribution in [0, 0.1) is 0 Å². The summed E-state index contributed by atoms with van der Waals surface area (Å²) in [5.74, 6) is 0. The number of imidazole rings is 1. The van der Waals surface area contributed by atoms with Crippen molar-refractivity contribution in [1.29, 1.82) is 0 Å². The molecular formula is C8H6N4S2. The number of rotatable bonds is 1. The van der Waals surface area contributed by atoms with Crippen LogP contribution < -0.4 is 0 Å². The molecule has 0 aliphatic heterocycles. The van der Waals surface area contributed by atoms with Crippen molar-refractivity contribution in [2.24, 2.45) is 0 Å². The minimum Gasteiger partial charge on any atom is -0.342 e. The van der Waals surface area contributed by atoms with E-state index >= 15 is 0 Å². The highest BCUT2D eigenvalue weighted by atomic mass is 32.2. The van der Waals surface area contributed by atoms with Crippen molar-refractivity contribution >= 4 is 43.7 Å². The fraction of sp³-hybridized carbons (Fsp3) is 0.125. The predicted molar refractivity (Wildman–Crippen MR) is 58.8 cm³/mol. The number of thiophene rings is 1. The third-order valence-electron chi connectivity index (χ3n) is 2.00. The lowest BCUT2D eigenvalue weighted by Crippen LogP contribution is -1.81. The molecule has 70 valence electrons. The van der Waals surface area contributed by atoms with Gasteiger partial charge in [-0.25, -0.2) is 15.0 Å². The standard InChI is InChI=1S/C8H6N4S2/c1-13-8-6-4(9-2-12-8)5-7(14-6)11-3-10-5/h2-3H,1H3,(H,10,11). The van der Waals surface area contributed by atoms with Crippen molar-refractivity contribution in [2.45, 2.75) is 5.03 Å². The van der Waals surface area contributed by atoms with E-state index in [0.717, 1.165) is 25.6 Å². The van der Waals surface area contributed by atoms with Crippen molar-refractivity contribution in [3.8, 4) is 0 Å². The monoisotopic (exact) mass is 222 g/mol. The number of thioether (sulfide) groups is 1. The Balaban J connectivity index is 2.54. The number of nitrogens with one attached hydrogen (secondary N) is 1. The molecule has 3 heterocycles. The molecule has 0 radical (unpaired) electrons. The highest BCUT2D eigenvalue weighted by Crippen LogP contribution is 2.34. The number of aromatic amines is 1. The van der Waals surface area contributed by atoms with Gasteiger partial charge in [0.15, 0.2) is 0 Å². The van der Waals surface area contributed by atoms with Crippen molar-refractivity contribution < 1.29 is 0 Å². The predicted octanol–water partition coefficient (Wildman–Crippen LogP) is 2.29. The van der Waals surface area contributed by atoms with Crippen LogP contribution in [0.5, 0.6) is 0 Å². The van der Waals surface area contributed by atoms with Crippen LogP contribution in [0.4, 0.5) is 0 Å². The Morgan fingerprint density at radius 1 is 1.36 bits per heavy atom. The van der Waals surface area contributed by atoms with E-state index in [2.05, 4.69) is 19.9 Å². The van der Waals surface area contributed by atoms with Gasteiger partial charge in [-0.2, -0.15) is 0 Å². The number of fused-ring (bicyclic) bond motifs is 3. The van der Waals surface area contributed by atoms with E-state index in [0.29, 0.717) is 0 Å². The molecule has 0 fully saturated rings. The molecule has 0 saturated carbocycles. The molecule has 1 N–H and O–H groups in total. The van der Waals surface area contributed by atoms with Crippen molar-refractivity contribution in [2.75, 3.05) is 6.26 Å². The van der Waals surface area contributed by atoms with Crippen molar-refractivity contribution in [3.63, 3.8) is 0 Å². The second-order valence-corrected chi connectivity index (χ2v) is 4.54. The maximum Gasteiger partial charge on any atom is 0.144 e.